The molecule has 1 aliphatic heterocycles. The van der Waals surface area contributed by atoms with Crippen LogP contribution in [0, 0.1) is 5.92 Å². The predicted octanol–water partition coefficient (Wildman–Crippen LogP) is 2.16. The molecule has 0 spiro atoms. The van der Waals surface area contributed by atoms with E-state index in [1.807, 2.05) is 31.2 Å². The van der Waals surface area contributed by atoms with Gasteiger partial charge < -0.3 is 10.4 Å². The van der Waals surface area contributed by atoms with Crippen LogP contribution in [-0.2, 0) is 5.60 Å². The molecule has 2 rings (SSSR count). The van der Waals surface area contributed by atoms with Crippen molar-refractivity contribution in [3.8, 4) is 0 Å². The second-order valence-electron chi connectivity index (χ2n) is 4.32. The van der Waals surface area contributed by atoms with E-state index in [9.17, 15) is 5.11 Å². The third kappa shape index (κ3) is 2.03. The SMILES string of the molecule is CC(O)(c1ccccc1Cl)C1CCNC1. The van der Waals surface area contributed by atoms with Gasteiger partial charge in [0.05, 0.1) is 5.60 Å². The van der Waals surface area contributed by atoms with Gasteiger partial charge >= 0.3 is 0 Å². The minimum atomic E-state index is -0.832. The second-order valence-corrected chi connectivity index (χ2v) is 4.72. The molecule has 1 saturated heterocycles. The Kier molecular flexibility index (Phi) is 3.01. The molecule has 15 heavy (non-hydrogen) atoms. The van der Waals surface area contributed by atoms with Crippen molar-refractivity contribution < 1.29 is 5.11 Å². The van der Waals surface area contributed by atoms with Gasteiger partial charge in [-0.15, -0.1) is 0 Å². The van der Waals surface area contributed by atoms with E-state index in [0.717, 1.165) is 25.1 Å². The molecule has 2 nitrogen and oxygen atoms in total. The molecule has 0 saturated carbocycles. The largest absolute Gasteiger partial charge is 0.385 e. The maximum Gasteiger partial charge on any atom is 0.0923 e. The van der Waals surface area contributed by atoms with Gasteiger partial charge in [-0.25, -0.2) is 0 Å². The summed E-state index contributed by atoms with van der Waals surface area (Å²) in [6, 6.07) is 7.53. The van der Waals surface area contributed by atoms with Gasteiger partial charge in [-0.05, 0) is 26.0 Å². The Hall–Kier alpha value is -0.570. The molecule has 0 aromatic heterocycles. The number of rotatable bonds is 2. The number of hydrogen-bond donors (Lipinski definition) is 2. The van der Waals surface area contributed by atoms with Crippen LogP contribution in [0.3, 0.4) is 0 Å². The molecule has 3 heteroatoms. The van der Waals surface area contributed by atoms with Gasteiger partial charge in [0, 0.05) is 23.0 Å². The lowest BCUT2D eigenvalue weighted by atomic mass is 9.82. The quantitative estimate of drug-likeness (QED) is 0.809. The Morgan fingerprint density at radius 1 is 1.47 bits per heavy atom. The van der Waals surface area contributed by atoms with Gasteiger partial charge in [0.2, 0.25) is 0 Å². The van der Waals surface area contributed by atoms with E-state index in [-0.39, 0.29) is 5.92 Å². The summed E-state index contributed by atoms with van der Waals surface area (Å²) in [6.07, 6.45) is 0.998. The van der Waals surface area contributed by atoms with E-state index >= 15 is 0 Å². The summed E-state index contributed by atoms with van der Waals surface area (Å²) in [5.41, 5.74) is 0.00217. The lowest BCUT2D eigenvalue weighted by Gasteiger charge is -2.30. The van der Waals surface area contributed by atoms with Gasteiger partial charge in [0.25, 0.3) is 0 Å². The maximum atomic E-state index is 10.5. The van der Waals surface area contributed by atoms with Gasteiger partial charge in [-0.3, -0.25) is 0 Å². The molecule has 1 aromatic carbocycles. The lowest BCUT2D eigenvalue weighted by molar-refractivity contribution is 0.00227. The highest BCUT2D eigenvalue weighted by molar-refractivity contribution is 6.31. The topological polar surface area (TPSA) is 32.3 Å². The van der Waals surface area contributed by atoms with E-state index in [2.05, 4.69) is 5.32 Å². The highest BCUT2D eigenvalue weighted by atomic mass is 35.5. The van der Waals surface area contributed by atoms with Crippen molar-refractivity contribution in [2.24, 2.45) is 5.92 Å². The molecule has 0 radical (unpaired) electrons. The van der Waals surface area contributed by atoms with Crippen molar-refractivity contribution in [3.05, 3.63) is 34.9 Å². The van der Waals surface area contributed by atoms with Crippen LogP contribution in [0.15, 0.2) is 24.3 Å². The zero-order chi connectivity index (χ0) is 10.9. The highest BCUT2D eigenvalue weighted by Crippen LogP contribution is 2.36. The number of benzene rings is 1. The van der Waals surface area contributed by atoms with Crippen LogP contribution in [0.5, 0.6) is 0 Å². The molecule has 82 valence electrons. The summed E-state index contributed by atoms with van der Waals surface area (Å²) in [7, 11) is 0. The lowest BCUT2D eigenvalue weighted by Crippen LogP contribution is -2.33. The number of nitrogens with one attached hydrogen (secondary N) is 1. The summed E-state index contributed by atoms with van der Waals surface area (Å²) in [6.45, 7) is 3.69. The van der Waals surface area contributed by atoms with Crippen LogP contribution in [0.25, 0.3) is 0 Å². The van der Waals surface area contributed by atoms with E-state index in [4.69, 9.17) is 11.6 Å². The summed E-state index contributed by atoms with van der Waals surface area (Å²) in [4.78, 5) is 0. The summed E-state index contributed by atoms with van der Waals surface area (Å²) in [5, 5.41) is 14.5. The average Bonchev–Trinajstić information content (AvgIpc) is 2.71. The molecule has 0 bridgehead atoms. The van der Waals surface area contributed by atoms with Crippen LogP contribution in [-0.4, -0.2) is 18.2 Å². The van der Waals surface area contributed by atoms with Crippen molar-refractivity contribution in [1.82, 2.24) is 5.32 Å². The Morgan fingerprint density at radius 2 is 2.20 bits per heavy atom. The Morgan fingerprint density at radius 3 is 2.80 bits per heavy atom. The van der Waals surface area contributed by atoms with E-state index < -0.39 is 5.60 Å². The molecule has 1 fully saturated rings. The molecule has 0 amide bonds. The fourth-order valence-corrected chi connectivity index (χ4v) is 2.55. The third-order valence-corrected chi connectivity index (χ3v) is 3.60. The van der Waals surface area contributed by atoms with Crippen molar-refractivity contribution >= 4 is 11.6 Å². The Labute approximate surface area is 95.3 Å². The van der Waals surface area contributed by atoms with Crippen LogP contribution in [0.4, 0.5) is 0 Å². The van der Waals surface area contributed by atoms with Gasteiger partial charge in [0.1, 0.15) is 0 Å². The monoisotopic (exact) mass is 225 g/mol. The number of halogens is 1. The number of aliphatic hydroxyl groups is 1. The first-order valence-electron chi connectivity index (χ1n) is 5.30. The maximum absolute atomic E-state index is 10.5. The molecule has 1 aromatic rings. The predicted molar refractivity (Wildman–Crippen MR) is 62.0 cm³/mol. The zero-order valence-corrected chi connectivity index (χ0v) is 9.59. The van der Waals surface area contributed by atoms with Crippen molar-refractivity contribution in [1.29, 1.82) is 0 Å². The summed E-state index contributed by atoms with van der Waals surface area (Å²) >= 11 is 6.11. The normalized spacial score (nSPS) is 25.1. The van der Waals surface area contributed by atoms with Crippen LogP contribution in [0.1, 0.15) is 18.9 Å². The first-order chi connectivity index (χ1) is 7.12. The number of hydrogen-bond acceptors (Lipinski definition) is 2. The minimum absolute atomic E-state index is 0.248. The zero-order valence-electron chi connectivity index (χ0n) is 8.83. The molecule has 0 aliphatic carbocycles. The molecular weight excluding hydrogens is 210 g/mol. The minimum Gasteiger partial charge on any atom is -0.385 e. The van der Waals surface area contributed by atoms with E-state index in [1.165, 1.54) is 0 Å². The standard InChI is InChI=1S/C12H16ClNO/c1-12(15,9-6-7-14-8-9)10-4-2-3-5-11(10)13/h2-5,9,14-15H,6-8H2,1H3. The molecule has 2 atom stereocenters. The Balaban J connectivity index is 2.31. The summed E-state index contributed by atoms with van der Waals surface area (Å²) < 4.78 is 0. The molecule has 2 unspecified atom stereocenters. The molecular formula is C12H16ClNO. The molecule has 1 aliphatic rings. The fraction of sp³-hybridized carbons (Fsp3) is 0.500. The van der Waals surface area contributed by atoms with Crippen LogP contribution < -0.4 is 5.32 Å². The van der Waals surface area contributed by atoms with E-state index in [1.54, 1.807) is 0 Å². The smallest absolute Gasteiger partial charge is 0.0923 e. The molecule has 2 N–H and O–H groups in total. The average molecular weight is 226 g/mol. The van der Waals surface area contributed by atoms with Crippen molar-refractivity contribution in [3.63, 3.8) is 0 Å². The Bertz CT molecular complexity index is 345. The first-order valence-corrected chi connectivity index (χ1v) is 5.68. The molecule has 1 heterocycles. The van der Waals surface area contributed by atoms with Crippen LogP contribution >= 0.6 is 11.6 Å². The third-order valence-electron chi connectivity index (χ3n) is 3.27. The summed E-state index contributed by atoms with van der Waals surface area (Å²) in [5.74, 6) is 0.248. The first kappa shape index (κ1) is 10.9. The van der Waals surface area contributed by atoms with Gasteiger partial charge in [0.15, 0.2) is 0 Å². The van der Waals surface area contributed by atoms with Gasteiger partial charge in [-0.2, -0.15) is 0 Å². The fourth-order valence-electron chi connectivity index (χ4n) is 2.23. The highest BCUT2D eigenvalue weighted by Gasteiger charge is 2.36. The van der Waals surface area contributed by atoms with Crippen molar-refractivity contribution in [2.45, 2.75) is 18.9 Å². The van der Waals surface area contributed by atoms with Crippen molar-refractivity contribution in [2.75, 3.05) is 13.1 Å². The van der Waals surface area contributed by atoms with E-state index in [0.29, 0.717) is 5.02 Å². The van der Waals surface area contributed by atoms with Gasteiger partial charge in [-0.1, -0.05) is 29.8 Å². The second kappa shape index (κ2) is 4.12. The van der Waals surface area contributed by atoms with Crippen LogP contribution in [0.2, 0.25) is 5.02 Å².